The van der Waals surface area contributed by atoms with Crippen molar-refractivity contribution in [3.63, 3.8) is 0 Å². The number of hydrogen-bond acceptors (Lipinski definition) is 3. The van der Waals surface area contributed by atoms with Gasteiger partial charge in [-0.15, -0.1) is 0 Å². The average Bonchev–Trinajstić information content (AvgIpc) is 2.83. The fourth-order valence-electron chi connectivity index (χ4n) is 2.92. The number of carbonyl (C=O) groups excluding carboxylic acids is 1. The lowest BCUT2D eigenvalue weighted by atomic mass is 9.90. The maximum atomic E-state index is 12.0. The van der Waals surface area contributed by atoms with Crippen molar-refractivity contribution in [3.05, 3.63) is 35.5 Å². The monoisotopic (exact) mass is 270 g/mol. The zero-order chi connectivity index (χ0) is 14.3. The fourth-order valence-corrected chi connectivity index (χ4v) is 2.92. The van der Waals surface area contributed by atoms with Crippen LogP contribution in [0.25, 0.3) is 10.9 Å². The van der Waals surface area contributed by atoms with Gasteiger partial charge in [0.15, 0.2) is 6.04 Å². The van der Waals surface area contributed by atoms with Crippen molar-refractivity contribution in [1.29, 1.82) is 0 Å². The quantitative estimate of drug-likeness (QED) is 0.853. The van der Waals surface area contributed by atoms with Crippen LogP contribution in [-0.4, -0.2) is 29.3 Å². The molecule has 0 aliphatic carbocycles. The highest BCUT2D eigenvalue weighted by atomic mass is 16.5. The van der Waals surface area contributed by atoms with Crippen LogP contribution in [0.1, 0.15) is 37.9 Å². The maximum Gasteiger partial charge on any atom is 0.331 e. The van der Waals surface area contributed by atoms with E-state index in [0.29, 0.717) is 6.61 Å². The molecule has 0 fully saturated rings. The summed E-state index contributed by atoms with van der Waals surface area (Å²) in [7, 11) is 0. The number of nitrogens with one attached hydrogen (secondary N) is 1. The topological polar surface area (TPSA) is 54.4 Å². The third-order valence-corrected chi connectivity index (χ3v) is 3.89. The Morgan fingerprint density at radius 1 is 1.40 bits per heavy atom. The van der Waals surface area contributed by atoms with Gasteiger partial charge in [0.2, 0.25) is 0 Å². The first kappa shape index (κ1) is 12.9. The molecule has 0 bridgehead atoms. The fraction of sp³-hybridized carbons (Fsp3) is 0.375. The molecule has 0 spiro atoms. The maximum absolute atomic E-state index is 12.0. The third-order valence-electron chi connectivity index (χ3n) is 3.89. The molecule has 4 nitrogen and oxygen atoms in total. The Labute approximate surface area is 117 Å². The Hall–Kier alpha value is -2.10. The van der Waals surface area contributed by atoms with Crippen LogP contribution in [-0.2, 0) is 9.53 Å². The van der Waals surface area contributed by atoms with Crippen LogP contribution in [0.2, 0.25) is 0 Å². The summed E-state index contributed by atoms with van der Waals surface area (Å²) in [6.07, 6.45) is 0. The second-order valence-electron chi connectivity index (χ2n) is 5.16. The minimum atomic E-state index is -0.449. The van der Waals surface area contributed by atoms with Gasteiger partial charge < -0.3 is 9.72 Å². The Balaban J connectivity index is 2.12. The molecular weight excluding hydrogens is 252 g/mol. The normalized spacial score (nSPS) is 21.4. The van der Waals surface area contributed by atoms with Gasteiger partial charge >= 0.3 is 5.97 Å². The molecule has 2 heterocycles. The largest absolute Gasteiger partial charge is 0.464 e. The number of benzene rings is 1. The highest BCUT2D eigenvalue weighted by Gasteiger charge is 2.34. The number of carbonyl (C=O) groups is 1. The standard InChI is InChI=1S/C16H18N2O2/c1-4-20-16(19)15-9(2)14-13(10(3)17-15)11-7-5-6-8-12(11)18-14/h5-9,15,18H,4H2,1-3H3. The minimum absolute atomic E-state index is 0.000139. The summed E-state index contributed by atoms with van der Waals surface area (Å²) in [5.41, 5.74) is 4.20. The van der Waals surface area contributed by atoms with Crippen LogP contribution in [0.15, 0.2) is 29.3 Å². The van der Waals surface area contributed by atoms with E-state index < -0.39 is 6.04 Å². The predicted molar refractivity (Wildman–Crippen MR) is 79.3 cm³/mol. The molecule has 2 aromatic rings. The number of fused-ring (bicyclic) bond motifs is 3. The number of nitrogens with zero attached hydrogens (tertiary/aromatic N) is 1. The number of hydrogen-bond donors (Lipinski definition) is 1. The molecule has 1 aliphatic rings. The molecule has 2 atom stereocenters. The van der Waals surface area contributed by atoms with E-state index in [9.17, 15) is 4.79 Å². The zero-order valence-corrected chi connectivity index (χ0v) is 11.9. The first-order valence-electron chi connectivity index (χ1n) is 6.95. The molecule has 0 amide bonds. The Morgan fingerprint density at radius 2 is 2.15 bits per heavy atom. The molecule has 2 unspecified atom stereocenters. The summed E-state index contributed by atoms with van der Waals surface area (Å²) in [6.45, 7) is 6.18. The smallest absolute Gasteiger partial charge is 0.331 e. The van der Waals surface area contributed by atoms with Crippen LogP contribution < -0.4 is 0 Å². The van der Waals surface area contributed by atoms with E-state index >= 15 is 0 Å². The lowest BCUT2D eigenvalue weighted by Gasteiger charge is -2.24. The third kappa shape index (κ3) is 1.83. The van der Waals surface area contributed by atoms with Crippen LogP contribution in [0.4, 0.5) is 0 Å². The van der Waals surface area contributed by atoms with Gasteiger partial charge in [-0.25, -0.2) is 4.79 Å². The van der Waals surface area contributed by atoms with E-state index in [0.717, 1.165) is 27.9 Å². The summed E-state index contributed by atoms with van der Waals surface area (Å²) in [5.74, 6) is -0.246. The molecule has 1 N–H and O–H groups in total. The van der Waals surface area contributed by atoms with E-state index in [4.69, 9.17) is 4.74 Å². The average molecular weight is 270 g/mol. The predicted octanol–water partition coefficient (Wildman–Crippen LogP) is 3.03. The minimum Gasteiger partial charge on any atom is -0.464 e. The number of esters is 1. The van der Waals surface area contributed by atoms with Crippen LogP contribution in [0.5, 0.6) is 0 Å². The van der Waals surface area contributed by atoms with Crippen molar-refractivity contribution in [2.75, 3.05) is 6.61 Å². The van der Waals surface area contributed by atoms with E-state index in [-0.39, 0.29) is 11.9 Å². The zero-order valence-electron chi connectivity index (χ0n) is 11.9. The molecule has 4 heteroatoms. The Bertz CT molecular complexity index is 700. The van der Waals surface area contributed by atoms with E-state index in [2.05, 4.69) is 16.0 Å². The number of aromatic nitrogens is 1. The van der Waals surface area contributed by atoms with Gasteiger partial charge in [0.25, 0.3) is 0 Å². The summed E-state index contributed by atoms with van der Waals surface area (Å²) in [5, 5.41) is 1.16. The van der Waals surface area contributed by atoms with Crippen molar-refractivity contribution < 1.29 is 9.53 Å². The summed E-state index contributed by atoms with van der Waals surface area (Å²) >= 11 is 0. The molecule has 0 saturated carbocycles. The van der Waals surface area contributed by atoms with E-state index in [1.165, 1.54) is 0 Å². The lowest BCUT2D eigenvalue weighted by Crippen LogP contribution is -2.32. The number of rotatable bonds is 2. The molecule has 1 aliphatic heterocycles. The van der Waals surface area contributed by atoms with Crippen molar-refractivity contribution in [1.82, 2.24) is 4.98 Å². The number of aromatic amines is 1. The van der Waals surface area contributed by atoms with Gasteiger partial charge in [0.1, 0.15) is 0 Å². The highest BCUT2D eigenvalue weighted by Crippen LogP contribution is 2.35. The summed E-state index contributed by atoms with van der Waals surface area (Å²) < 4.78 is 5.13. The summed E-state index contributed by atoms with van der Waals surface area (Å²) in [4.78, 5) is 20.0. The van der Waals surface area contributed by atoms with Gasteiger partial charge in [-0.1, -0.05) is 25.1 Å². The molecule has 1 aromatic heterocycles. The molecule has 104 valence electrons. The summed E-state index contributed by atoms with van der Waals surface area (Å²) in [6, 6.07) is 7.71. The van der Waals surface area contributed by atoms with Crippen molar-refractivity contribution in [2.24, 2.45) is 4.99 Å². The molecule has 0 saturated heterocycles. The number of para-hydroxylation sites is 1. The molecule has 1 aromatic carbocycles. The van der Waals surface area contributed by atoms with Crippen molar-refractivity contribution >= 4 is 22.6 Å². The van der Waals surface area contributed by atoms with Crippen LogP contribution in [0, 0.1) is 0 Å². The van der Waals surface area contributed by atoms with Gasteiger partial charge in [-0.05, 0) is 19.9 Å². The van der Waals surface area contributed by atoms with Gasteiger partial charge in [0.05, 0.1) is 6.61 Å². The number of ether oxygens (including phenoxy) is 1. The lowest BCUT2D eigenvalue weighted by molar-refractivity contribution is -0.145. The second-order valence-corrected chi connectivity index (χ2v) is 5.16. The van der Waals surface area contributed by atoms with E-state index in [1.54, 1.807) is 0 Å². The first-order chi connectivity index (χ1) is 9.63. The SMILES string of the molecule is CCOC(=O)C1N=C(C)c2c([nH]c3ccccc23)C1C. The van der Waals surface area contributed by atoms with Crippen molar-refractivity contribution in [3.8, 4) is 0 Å². The highest BCUT2D eigenvalue weighted by molar-refractivity contribution is 6.12. The number of aliphatic imine (C=N–C) groups is 1. The van der Waals surface area contributed by atoms with Crippen LogP contribution >= 0.6 is 0 Å². The Morgan fingerprint density at radius 3 is 2.90 bits per heavy atom. The molecular formula is C16H18N2O2. The van der Waals surface area contributed by atoms with Gasteiger partial charge in [0, 0.05) is 33.8 Å². The van der Waals surface area contributed by atoms with E-state index in [1.807, 2.05) is 39.0 Å². The number of H-pyrrole nitrogens is 1. The van der Waals surface area contributed by atoms with Gasteiger partial charge in [-0.3, -0.25) is 4.99 Å². The van der Waals surface area contributed by atoms with Crippen LogP contribution in [0.3, 0.4) is 0 Å². The van der Waals surface area contributed by atoms with Crippen molar-refractivity contribution in [2.45, 2.75) is 32.7 Å². The second kappa shape index (κ2) is 4.78. The molecule has 3 rings (SSSR count). The Kier molecular flexibility index (Phi) is 3.08. The van der Waals surface area contributed by atoms with Gasteiger partial charge in [-0.2, -0.15) is 0 Å². The first-order valence-corrected chi connectivity index (χ1v) is 6.95. The molecule has 0 radical (unpaired) electrons. The molecule has 20 heavy (non-hydrogen) atoms.